The number of nitrogens with one attached hydrogen (secondary N) is 1. The maximum Gasteiger partial charge on any atom is 0.306 e. The molecule has 5 heteroatoms. The van der Waals surface area contributed by atoms with Crippen molar-refractivity contribution in [2.24, 2.45) is 11.8 Å². The Bertz CT molecular complexity index is 321. The first-order valence-corrected chi connectivity index (χ1v) is 7.74. The molecule has 0 radical (unpaired) electrons. The van der Waals surface area contributed by atoms with Crippen molar-refractivity contribution in [3.8, 4) is 0 Å². The van der Waals surface area contributed by atoms with Crippen LogP contribution < -0.4 is 5.32 Å². The Balaban J connectivity index is 2.30. The Morgan fingerprint density at radius 2 is 1.75 bits per heavy atom. The van der Waals surface area contributed by atoms with Gasteiger partial charge in [-0.1, -0.05) is 0 Å². The highest BCUT2D eigenvalue weighted by atomic mass is 16.4. The minimum Gasteiger partial charge on any atom is -0.481 e. The maximum absolute atomic E-state index is 12.1. The Labute approximate surface area is 121 Å². The number of nitrogens with zero attached hydrogens (tertiary/aromatic N) is 1. The molecule has 0 bridgehead atoms. The highest BCUT2D eigenvalue weighted by Gasteiger charge is 2.26. The summed E-state index contributed by atoms with van der Waals surface area (Å²) < 4.78 is 0. The van der Waals surface area contributed by atoms with E-state index in [9.17, 15) is 9.59 Å². The Kier molecular flexibility index (Phi) is 6.99. The lowest BCUT2D eigenvalue weighted by atomic mass is 9.82. The average molecular weight is 284 g/mol. The molecule has 1 amide bonds. The lowest BCUT2D eigenvalue weighted by Crippen LogP contribution is -2.46. The smallest absolute Gasteiger partial charge is 0.306 e. The molecule has 0 aliphatic heterocycles. The third kappa shape index (κ3) is 4.78. The molecule has 1 atom stereocenters. The second kappa shape index (κ2) is 8.25. The summed E-state index contributed by atoms with van der Waals surface area (Å²) in [5.41, 5.74) is 0. The van der Waals surface area contributed by atoms with E-state index in [-0.39, 0.29) is 17.9 Å². The number of aliphatic carboxylic acids is 1. The quantitative estimate of drug-likeness (QED) is 0.747. The lowest BCUT2D eigenvalue weighted by Gasteiger charge is -2.28. The van der Waals surface area contributed by atoms with Gasteiger partial charge in [-0.15, -0.1) is 0 Å². The zero-order valence-corrected chi connectivity index (χ0v) is 12.9. The fraction of sp³-hybridized carbons (Fsp3) is 0.867. The first-order valence-electron chi connectivity index (χ1n) is 7.74. The van der Waals surface area contributed by atoms with Crippen molar-refractivity contribution in [3.05, 3.63) is 0 Å². The van der Waals surface area contributed by atoms with E-state index >= 15 is 0 Å². The van der Waals surface area contributed by atoms with Crippen molar-refractivity contribution in [3.63, 3.8) is 0 Å². The van der Waals surface area contributed by atoms with E-state index in [4.69, 9.17) is 5.11 Å². The van der Waals surface area contributed by atoms with Gasteiger partial charge in [-0.2, -0.15) is 0 Å². The Morgan fingerprint density at radius 1 is 1.20 bits per heavy atom. The van der Waals surface area contributed by atoms with Crippen LogP contribution in [0.1, 0.15) is 46.5 Å². The number of hydrogen-bond donors (Lipinski definition) is 2. The summed E-state index contributed by atoms with van der Waals surface area (Å²) in [6.45, 7) is 8.17. The summed E-state index contributed by atoms with van der Waals surface area (Å²) in [5, 5.41) is 12.3. The number of carboxylic acids is 1. The van der Waals surface area contributed by atoms with Crippen LogP contribution >= 0.6 is 0 Å². The zero-order chi connectivity index (χ0) is 15.1. The molecule has 0 spiro atoms. The molecule has 116 valence electrons. The molecule has 1 unspecified atom stereocenters. The van der Waals surface area contributed by atoms with E-state index in [2.05, 4.69) is 5.32 Å². The summed E-state index contributed by atoms with van der Waals surface area (Å²) in [6, 6.07) is -0.160. The summed E-state index contributed by atoms with van der Waals surface area (Å²) in [6.07, 6.45) is 3.41. The predicted molar refractivity (Wildman–Crippen MR) is 78.5 cm³/mol. The number of rotatable bonds is 7. The fourth-order valence-electron chi connectivity index (χ4n) is 2.85. The lowest BCUT2D eigenvalue weighted by molar-refractivity contribution is -0.143. The van der Waals surface area contributed by atoms with Crippen molar-refractivity contribution in [1.82, 2.24) is 10.2 Å². The summed E-state index contributed by atoms with van der Waals surface area (Å²) in [5.74, 6) is -0.186. The number of amides is 1. The highest BCUT2D eigenvalue weighted by molar-refractivity contribution is 5.81. The van der Waals surface area contributed by atoms with Crippen molar-refractivity contribution < 1.29 is 14.7 Å². The van der Waals surface area contributed by atoms with E-state index < -0.39 is 5.97 Å². The van der Waals surface area contributed by atoms with Gasteiger partial charge in [0.25, 0.3) is 0 Å². The van der Waals surface area contributed by atoms with Crippen LogP contribution in [-0.4, -0.2) is 47.6 Å². The van der Waals surface area contributed by atoms with Crippen molar-refractivity contribution in [2.45, 2.75) is 52.5 Å². The van der Waals surface area contributed by atoms with Gasteiger partial charge in [0.15, 0.2) is 0 Å². The molecule has 0 aromatic carbocycles. The van der Waals surface area contributed by atoms with Gasteiger partial charge >= 0.3 is 5.97 Å². The van der Waals surface area contributed by atoms with Crippen LogP contribution in [0.25, 0.3) is 0 Å². The number of hydrogen-bond acceptors (Lipinski definition) is 3. The standard InChI is InChI=1S/C15H28N2O3/c1-4-17(5-2)14(18)11(3)16-10-12-6-8-13(9-7-12)15(19)20/h11-13,16H,4-10H2,1-3H3,(H,19,20). The molecule has 1 saturated carbocycles. The summed E-state index contributed by atoms with van der Waals surface area (Å²) in [4.78, 5) is 24.8. The highest BCUT2D eigenvalue weighted by Crippen LogP contribution is 2.28. The van der Waals surface area contributed by atoms with Crippen LogP contribution in [0.5, 0.6) is 0 Å². The largest absolute Gasteiger partial charge is 0.481 e. The van der Waals surface area contributed by atoms with Gasteiger partial charge in [0, 0.05) is 13.1 Å². The van der Waals surface area contributed by atoms with E-state index in [1.54, 1.807) is 0 Å². The summed E-state index contributed by atoms with van der Waals surface area (Å²) in [7, 11) is 0. The number of likely N-dealkylation sites (N-methyl/N-ethyl adjacent to an activating group) is 1. The van der Waals surface area contributed by atoms with E-state index in [1.165, 1.54) is 0 Å². The van der Waals surface area contributed by atoms with Crippen LogP contribution in [0.2, 0.25) is 0 Å². The van der Waals surface area contributed by atoms with Gasteiger partial charge in [0.2, 0.25) is 5.91 Å². The number of carboxylic acid groups (broad SMARTS) is 1. The average Bonchev–Trinajstić information content (AvgIpc) is 2.46. The van der Waals surface area contributed by atoms with E-state index in [0.29, 0.717) is 5.92 Å². The molecule has 1 fully saturated rings. The topological polar surface area (TPSA) is 69.6 Å². The molecule has 0 aromatic heterocycles. The molecule has 1 rings (SSSR count). The number of carbonyl (C=O) groups is 2. The van der Waals surface area contributed by atoms with Gasteiger partial charge in [-0.3, -0.25) is 9.59 Å². The second-order valence-electron chi connectivity index (χ2n) is 5.70. The zero-order valence-electron chi connectivity index (χ0n) is 12.9. The van der Waals surface area contributed by atoms with Crippen molar-refractivity contribution in [2.75, 3.05) is 19.6 Å². The fourth-order valence-corrected chi connectivity index (χ4v) is 2.85. The molecule has 20 heavy (non-hydrogen) atoms. The summed E-state index contributed by atoms with van der Waals surface area (Å²) >= 11 is 0. The van der Waals surface area contributed by atoms with Gasteiger partial charge < -0.3 is 15.3 Å². The molecule has 1 aliphatic rings. The molecule has 0 saturated heterocycles. The first kappa shape index (κ1) is 17.0. The van der Waals surface area contributed by atoms with Crippen LogP contribution in [0.15, 0.2) is 0 Å². The molecule has 0 heterocycles. The Hall–Kier alpha value is -1.10. The van der Waals surface area contributed by atoms with E-state index in [1.807, 2.05) is 25.7 Å². The minimum atomic E-state index is -0.665. The third-order valence-electron chi connectivity index (χ3n) is 4.35. The Morgan fingerprint density at radius 3 is 2.20 bits per heavy atom. The van der Waals surface area contributed by atoms with Crippen molar-refractivity contribution in [1.29, 1.82) is 0 Å². The molecule has 0 aromatic rings. The van der Waals surface area contributed by atoms with Gasteiger partial charge in [-0.25, -0.2) is 0 Å². The van der Waals surface area contributed by atoms with Crippen LogP contribution in [-0.2, 0) is 9.59 Å². The molecule has 5 nitrogen and oxygen atoms in total. The minimum absolute atomic E-state index is 0.147. The normalized spacial score (nSPS) is 24.1. The predicted octanol–water partition coefficient (Wildman–Crippen LogP) is 1.72. The molecule has 2 N–H and O–H groups in total. The maximum atomic E-state index is 12.1. The van der Waals surface area contributed by atoms with Gasteiger partial charge in [0.1, 0.15) is 0 Å². The van der Waals surface area contributed by atoms with E-state index in [0.717, 1.165) is 45.3 Å². The van der Waals surface area contributed by atoms with Gasteiger partial charge in [-0.05, 0) is 58.9 Å². The third-order valence-corrected chi connectivity index (χ3v) is 4.35. The van der Waals surface area contributed by atoms with Crippen LogP contribution in [0.4, 0.5) is 0 Å². The molecular weight excluding hydrogens is 256 g/mol. The number of carbonyl (C=O) groups excluding carboxylic acids is 1. The first-order chi connectivity index (χ1) is 9.49. The SMILES string of the molecule is CCN(CC)C(=O)C(C)NCC1CCC(C(=O)O)CC1. The monoisotopic (exact) mass is 284 g/mol. The second-order valence-corrected chi connectivity index (χ2v) is 5.70. The molecule has 1 aliphatic carbocycles. The van der Waals surface area contributed by atoms with Crippen LogP contribution in [0, 0.1) is 11.8 Å². The van der Waals surface area contributed by atoms with Crippen LogP contribution in [0.3, 0.4) is 0 Å². The van der Waals surface area contributed by atoms with Crippen molar-refractivity contribution >= 4 is 11.9 Å². The van der Waals surface area contributed by atoms with Gasteiger partial charge in [0.05, 0.1) is 12.0 Å². The molecular formula is C15H28N2O3.